The highest BCUT2D eigenvalue weighted by Gasteiger charge is 2.32. The Morgan fingerprint density at radius 3 is 1.62 bits per heavy atom. The molecule has 1 fully saturated rings. The van der Waals surface area contributed by atoms with Crippen LogP contribution in [0.5, 0.6) is 0 Å². The van der Waals surface area contributed by atoms with E-state index in [1.165, 1.54) is 116 Å². The first-order chi connectivity index (χ1) is 32.8. The molecule has 0 spiro atoms. The lowest BCUT2D eigenvalue weighted by Gasteiger charge is -2.27. The number of carbonyl (C=O) groups is 3. The van der Waals surface area contributed by atoms with E-state index >= 15 is 0 Å². The molecule has 6 nitrogen and oxygen atoms in total. The summed E-state index contributed by atoms with van der Waals surface area (Å²) in [4.78, 5) is 40.3. The van der Waals surface area contributed by atoms with E-state index in [2.05, 4.69) is 72.9 Å². The topological polar surface area (TPSA) is 72.9 Å². The standard InChI is InChI=1S/C47H87NO5.C13H26.C2H6.CH4/c1-9-12-15-17-22-29-44(30-23-18-16-13-10-2)53-45(51)47(7,8)34-24-19-20-27-36-52-39-42-37-41(31-32-43(50)28-21-14-11-3)38-48(42)35-26-25-33-46(5,6)40(4)49;1-3-5-7-9-11-13-12-10-8-6-4-2;1-2;/h31-32,41-42,44H,9-30,33-39H2,1-8H3;3H,1,4-13H2,2H3;1-2H3;1H4/t41-,42-;;;/m0.../s1. The molecule has 1 aliphatic rings. The molecule has 1 heterocycles. The largest absolute Gasteiger partial charge is 0.462 e. The van der Waals surface area contributed by atoms with Crippen LogP contribution in [0.25, 0.3) is 0 Å². The van der Waals surface area contributed by atoms with Crippen molar-refractivity contribution in [2.75, 3.05) is 26.3 Å². The van der Waals surface area contributed by atoms with Crippen LogP contribution in [-0.4, -0.2) is 60.9 Å². The van der Waals surface area contributed by atoms with Crippen LogP contribution in [0.15, 0.2) is 24.8 Å². The Labute approximate surface area is 432 Å². The number of carbonyl (C=O) groups excluding carboxylic acids is 3. The van der Waals surface area contributed by atoms with Gasteiger partial charge in [0, 0.05) is 31.0 Å². The molecule has 0 amide bonds. The summed E-state index contributed by atoms with van der Waals surface area (Å²) in [5, 5.41) is 0. The van der Waals surface area contributed by atoms with E-state index in [9.17, 15) is 14.4 Å². The molecule has 1 aliphatic heterocycles. The second kappa shape index (κ2) is 49.8. The summed E-state index contributed by atoms with van der Waals surface area (Å²) in [7, 11) is 0. The predicted molar refractivity (Wildman–Crippen MR) is 305 cm³/mol. The van der Waals surface area contributed by atoms with Crippen molar-refractivity contribution in [3.8, 4) is 0 Å². The fourth-order valence-electron chi connectivity index (χ4n) is 9.11. The maximum Gasteiger partial charge on any atom is 0.311 e. The molecule has 0 saturated carbocycles. The highest BCUT2D eigenvalue weighted by atomic mass is 16.5. The second-order valence-corrected chi connectivity index (χ2v) is 21.8. The van der Waals surface area contributed by atoms with Gasteiger partial charge in [-0.1, -0.05) is 216 Å². The van der Waals surface area contributed by atoms with Crippen molar-refractivity contribution < 1.29 is 23.9 Å². The quantitative estimate of drug-likeness (QED) is 0.0262. The van der Waals surface area contributed by atoms with E-state index < -0.39 is 5.41 Å². The lowest BCUT2D eigenvalue weighted by Crippen LogP contribution is -2.34. The van der Waals surface area contributed by atoms with Crippen molar-refractivity contribution in [1.82, 2.24) is 4.90 Å². The van der Waals surface area contributed by atoms with Gasteiger partial charge in [-0.3, -0.25) is 19.3 Å². The van der Waals surface area contributed by atoms with Crippen LogP contribution in [0.3, 0.4) is 0 Å². The van der Waals surface area contributed by atoms with Crippen LogP contribution in [0.1, 0.15) is 308 Å². The summed E-state index contributed by atoms with van der Waals surface area (Å²) in [6, 6.07) is 0.365. The minimum absolute atomic E-state index is 0. The Kier molecular flexibility index (Phi) is 51.5. The molecule has 0 bridgehead atoms. The Bertz CT molecular complexity index is 1180. The molecule has 0 N–H and O–H groups in total. The van der Waals surface area contributed by atoms with Crippen LogP contribution >= 0.6 is 0 Å². The number of Topliss-reactive ketones (excluding diaryl/α,β-unsaturated/α-hetero) is 1. The van der Waals surface area contributed by atoms with E-state index in [-0.39, 0.29) is 36.5 Å². The third kappa shape index (κ3) is 42.4. The first-order valence-corrected chi connectivity index (χ1v) is 29.6. The van der Waals surface area contributed by atoms with Gasteiger partial charge in [0.15, 0.2) is 5.78 Å². The first kappa shape index (κ1) is 71.5. The normalized spacial score (nSPS) is 15.1. The highest BCUT2D eigenvalue weighted by molar-refractivity contribution is 5.89. The fraction of sp³-hybridized carbons (Fsp3) is 0.889. The fourth-order valence-corrected chi connectivity index (χ4v) is 9.11. The maximum absolute atomic E-state index is 13.3. The SMILES string of the molecule is C.C=CCCCCCCCCCCC.CC.CCCCCCCC(CCCCCCC)OC(=O)C(C)(C)CCCCCCOC[C@@H]1C[C@H](C=CC(=O)CCCCC)CN1CCCCC(C)(C)C(C)=O. The monoisotopic (exact) mass is 974 g/mol. The number of hydrogen-bond donors (Lipinski definition) is 0. The van der Waals surface area contributed by atoms with Crippen molar-refractivity contribution >= 4 is 17.5 Å². The Balaban J connectivity index is -0.00000234. The molecule has 0 aromatic rings. The van der Waals surface area contributed by atoms with Crippen LogP contribution in [0.2, 0.25) is 0 Å². The molecule has 0 aromatic carbocycles. The number of nitrogens with zero attached hydrogens (tertiary/aromatic N) is 1. The van der Waals surface area contributed by atoms with Crippen LogP contribution in [0.4, 0.5) is 0 Å². The van der Waals surface area contributed by atoms with Gasteiger partial charge in [-0.15, -0.1) is 6.58 Å². The number of ketones is 2. The van der Waals surface area contributed by atoms with Gasteiger partial charge in [0.2, 0.25) is 0 Å². The van der Waals surface area contributed by atoms with Gasteiger partial charge in [0.1, 0.15) is 11.9 Å². The van der Waals surface area contributed by atoms with Crippen molar-refractivity contribution in [1.29, 1.82) is 0 Å². The summed E-state index contributed by atoms with van der Waals surface area (Å²) in [5.74, 6) is 0.891. The Morgan fingerprint density at radius 1 is 0.623 bits per heavy atom. The molecule has 6 heteroatoms. The Morgan fingerprint density at radius 2 is 1.09 bits per heavy atom. The number of unbranched alkanes of at least 4 members (excludes halogenated alkanes) is 23. The third-order valence-electron chi connectivity index (χ3n) is 14.3. The number of rotatable bonds is 45. The number of allylic oxidation sites excluding steroid dienone is 2. The summed E-state index contributed by atoms with van der Waals surface area (Å²) in [5.41, 5.74) is -0.697. The van der Waals surface area contributed by atoms with Crippen molar-refractivity contribution in [3.63, 3.8) is 0 Å². The van der Waals surface area contributed by atoms with Gasteiger partial charge < -0.3 is 9.47 Å². The molecule has 2 atom stereocenters. The van der Waals surface area contributed by atoms with Gasteiger partial charge in [0.05, 0.1) is 12.0 Å². The van der Waals surface area contributed by atoms with E-state index in [1.54, 1.807) is 6.92 Å². The lowest BCUT2D eigenvalue weighted by atomic mass is 9.83. The van der Waals surface area contributed by atoms with Gasteiger partial charge in [-0.2, -0.15) is 0 Å². The number of esters is 1. The zero-order chi connectivity index (χ0) is 51.2. The highest BCUT2D eigenvalue weighted by Crippen LogP contribution is 2.30. The minimum atomic E-state index is -0.446. The molecule has 0 unspecified atom stereocenters. The summed E-state index contributed by atoms with van der Waals surface area (Å²) in [6.07, 6.45) is 47.6. The summed E-state index contributed by atoms with van der Waals surface area (Å²) >= 11 is 0. The number of likely N-dealkylation sites (tertiary alicyclic amines) is 1. The van der Waals surface area contributed by atoms with Gasteiger partial charge in [-0.05, 0) is 116 Å². The summed E-state index contributed by atoms with van der Waals surface area (Å²) < 4.78 is 12.5. The molecule has 1 rings (SSSR count). The molecule has 69 heavy (non-hydrogen) atoms. The second-order valence-electron chi connectivity index (χ2n) is 21.8. The average molecular weight is 975 g/mol. The van der Waals surface area contributed by atoms with Crippen molar-refractivity contribution in [2.24, 2.45) is 16.7 Å². The van der Waals surface area contributed by atoms with Crippen LogP contribution in [0, 0.1) is 16.7 Å². The van der Waals surface area contributed by atoms with E-state index in [0.29, 0.717) is 18.4 Å². The van der Waals surface area contributed by atoms with Crippen LogP contribution in [-0.2, 0) is 23.9 Å². The van der Waals surface area contributed by atoms with Gasteiger partial charge >= 0.3 is 5.97 Å². The summed E-state index contributed by atoms with van der Waals surface area (Å²) in [6.45, 7) is 30.1. The first-order valence-electron chi connectivity index (χ1n) is 29.6. The van der Waals surface area contributed by atoms with E-state index in [0.717, 1.165) is 129 Å². The maximum atomic E-state index is 13.3. The molecular weight excluding hydrogens is 851 g/mol. The van der Waals surface area contributed by atoms with E-state index in [4.69, 9.17) is 9.47 Å². The van der Waals surface area contributed by atoms with Crippen LogP contribution < -0.4 is 0 Å². The number of ether oxygens (including phenoxy) is 2. The molecule has 0 aromatic heterocycles. The molecule has 0 radical (unpaired) electrons. The third-order valence-corrected chi connectivity index (χ3v) is 14.3. The minimum Gasteiger partial charge on any atom is -0.462 e. The molecule has 1 saturated heterocycles. The smallest absolute Gasteiger partial charge is 0.311 e. The molecule has 0 aliphatic carbocycles. The molecular formula is C63H123NO5. The number of hydrogen-bond acceptors (Lipinski definition) is 6. The zero-order valence-corrected chi connectivity index (χ0v) is 47.7. The predicted octanol–water partition coefficient (Wildman–Crippen LogP) is 19.5. The van der Waals surface area contributed by atoms with Crippen molar-refractivity contribution in [3.05, 3.63) is 24.8 Å². The molecule has 410 valence electrons. The van der Waals surface area contributed by atoms with E-state index in [1.807, 2.05) is 26.0 Å². The Hall–Kier alpha value is -1.79. The zero-order valence-electron chi connectivity index (χ0n) is 47.7. The van der Waals surface area contributed by atoms with Gasteiger partial charge in [-0.25, -0.2) is 0 Å². The lowest BCUT2D eigenvalue weighted by molar-refractivity contribution is -0.161. The van der Waals surface area contributed by atoms with Gasteiger partial charge in [0.25, 0.3) is 0 Å². The van der Waals surface area contributed by atoms with Crippen molar-refractivity contribution in [2.45, 2.75) is 320 Å². The average Bonchev–Trinajstić information content (AvgIpc) is 3.71.